The van der Waals surface area contributed by atoms with Gasteiger partial charge >= 0.3 is 0 Å². The van der Waals surface area contributed by atoms with Crippen molar-refractivity contribution in [1.82, 2.24) is 9.88 Å². The number of rotatable bonds is 6. The zero-order valence-electron chi connectivity index (χ0n) is 17.8. The fraction of sp³-hybridized carbons (Fsp3) is 0.423. The molecule has 2 aliphatic rings. The van der Waals surface area contributed by atoms with Gasteiger partial charge in [-0.2, -0.15) is 0 Å². The summed E-state index contributed by atoms with van der Waals surface area (Å²) in [6.45, 7) is 4.03. The van der Waals surface area contributed by atoms with Crippen molar-refractivity contribution in [3.8, 4) is 22.5 Å². The summed E-state index contributed by atoms with van der Waals surface area (Å²) in [7, 11) is 1.77. The first-order valence-corrected chi connectivity index (χ1v) is 11.2. The molecule has 156 valence electrons. The third-order valence-corrected chi connectivity index (χ3v) is 6.70. The highest BCUT2D eigenvalue weighted by molar-refractivity contribution is 5.80. The van der Waals surface area contributed by atoms with E-state index in [1.165, 1.54) is 41.5 Å². The van der Waals surface area contributed by atoms with Crippen LogP contribution in [0.15, 0.2) is 53.2 Å². The number of furan rings is 1. The van der Waals surface area contributed by atoms with Crippen LogP contribution in [0.3, 0.4) is 0 Å². The zero-order valence-corrected chi connectivity index (χ0v) is 17.8. The number of hydrogen-bond donors (Lipinski definition) is 0. The predicted molar refractivity (Wildman–Crippen MR) is 120 cm³/mol. The lowest BCUT2D eigenvalue weighted by Gasteiger charge is -2.30. The first kappa shape index (κ1) is 19.5. The second-order valence-electron chi connectivity index (χ2n) is 8.57. The van der Waals surface area contributed by atoms with Crippen molar-refractivity contribution in [3.63, 3.8) is 0 Å². The summed E-state index contributed by atoms with van der Waals surface area (Å²) in [5.74, 6) is 2.59. The Morgan fingerprint density at radius 1 is 1.00 bits per heavy atom. The molecule has 0 N–H and O–H groups in total. The van der Waals surface area contributed by atoms with E-state index in [0.717, 1.165) is 56.2 Å². The van der Waals surface area contributed by atoms with E-state index in [2.05, 4.69) is 34.1 Å². The van der Waals surface area contributed by atoms with Gasteiger partial charge in [0.2, 0.25) is 0 Å². The van der Waals surface area contributed by atoms with Crippen LogP contribution in [-0.4, -0.2) is 43.2 Å². The van der Waals surface area contributed by atoms with Gasteiger partial charge in [0, 0.05) is 43.1 Å². The van der Waals surface area contributed by atoms with Crippen LogP contribution in [0.4, 0.5) is 0 Å². The van der Waals surface area contributed by atoms with Crippen molar-refractivity contribution in [2.75, 3.05) is 33.4 Å². The molecule has 3 aromatic rings. The van der Waals surface area contributed by atoms with Gasteiger partial charge in [0.05, 0.1) is 6.61 Å². The molecule has 1 aliphatic carbocycles. The molecular weight excluding hydrogens is 372 g/mol. The van der Waals surface area contributed by atoms with Gasteiger partial charge in [-0.15, -0.1) is 0 Å². The molecule has 1 fully saturated rings. The molecular formula is C26H30N2O2. The van der Waals surface area contributed by atoms with Crippen molar-refractivity contribution in [2.24, 2.45) is 0 Å². The van der Waals surface area contributed by atoms with Crippen molar-refractivity contribution in [1.29, 1.82) is 0 Å². The van der Waals surface area contributed by atoms with Crippen LogP contribution in [0.2, 0.25) is 0 Å². The van der Waals surface area contributed by atoms with Crippen LogP contribution in [-0.2, 0) is 17.6 Å². The van der Waals surface area contributed by atoms with Gasteiger partial charge in [0.25, 0.3) is 0 Å². The van der Waals surface area contributed by atoms with E-state index in [4.69, 9.17) is 9.15 Å². The van der Waals surface area contributed by atoms with Gasteiger partial charge in [-0.1, -0.05) is 18.2 Å². The maximum absolute atomic E-state index is 6.56. The molecule has 5 rings (SSSR count). The predicted octanol–water partition coefficient (Wildman–Crippen LogP) is 5.32. The van der Waals surface area contributed by atoms with Gasteiger partial charge in [0.1, 0.15) is 11.5 Å². The van der Waals surface area contributed by atoms with Gasteiger partial charge in [-0.3, -0.25) is 4.98 Å². The number of nitrogens with zero attached hydrogens (tertiary/aromatic N) is 2. The van der Waals surface area contributed by atoms with Gasteiger partial charge in [-0.25, -0.2) is 0 Å². The fourth-order valence-electron chi connectivity index (χ4n) is 4.94. The average molecular weight is 403 g/mol. The highest BCUT2D eigenvalue weighted by atomic mass is 16.5. The molecule has 0 atom stereocenters. The van der Waals surface area contributed by atoms with Crippen LogP contribution in [0.1, 0.15) is 42.1 Å². The van der Waals surface area contributed by atoms with Crippen LogP contribution in [0.5, 0.6) is 0 Å². The fourth-order valence-corrected chi connectivity index (χ4v) is 4.94. The highest BCUT2D eigenvalue weighted by Crippen LogP contribution is 2.41. The molecule has 0 unspecified atom stereocenters. The number of aryl methyl sites for hydroxylation is 2. The first-order chi connectivity index (χ1) is 14.8. The number of pyridine rings is 1. The highest BCUT2D eigenvalue weighted by Gasteiger charge is 2.26. The molecule has 30 heavy (non-hydrogen) atoms. The summed E-state index contributed by atoms with van der Waals surface area (Å²) in [6, 6.07) is 13.4. The second-order valence-corrected chi connectivity index (χ2v) is 8.57. The molecule has 1 saturated heterocycles. The van der Waals surface area contributed by atoms with Crippen molar-refractivity contribution in [3.05, 3.63) is 65.7 Å². The standard InChI is InChI=1S/C26H30N2O2/c1-29-16-15-28-13-9-20(10-14-28)25-18-24(26(30-25)21-7-11-27-12-8-21)23-6-5-19-3-2-4-22(19)17-23/h5-8,11-12,17-18,20H,2-4,9-10,13-16H2,1H3. The Kier molecular flexibility index (Phi) is 5.69. The van der Waals surface area contributed by atoms with Crippen LogP contribution in [0, 0.1) is 0 Å². The number of likely N-dealkylation sites (tertiary alicyclic amines) is 1. The van der Waals surface area contributed by atoms with E-state index in [9.17, 15) is 0 Å². The molecule has 2 aromatic heterocycles. The number of hydrogen-bond acceptors (Lipinski definition) is 4. The Bertz CT molecular complexity index is 988. The number of fused-ring (bicyclic) bond motifs is 1. The number of benzene rings is 1. The van der Waals surface area contributed by atoms with Gasteiger partial charge < -0.3 is 14.1 Å². The van der Waals surface area contributed by atoms with Crippen LogP contribution >= 0.6 is 0 Å². The number of methoxy groups -OCH3 is 1. The Labute approximate surface area is 178 Å². The molecule has 0 amide bonds. The number of ether oxygens (including phenoxy) is 1. The van der Waals surface area contributed by atoms with Gasteiger partial charge in [-0.05, 0) is 80.1 Å². The Morgan fingerprint density at radius 3 is 2.60 bits per heavy atom. The quantitative estimate of drug-likeness (QED) is 0.559. The lowest BCUT2D eigenvalue weighted by Crippen LogP contribution is -2.35. The Morgan fingerprint density at radius 2 is 1.80 bits per heavy atom. The van der Waals surface area contributed by atoms with Gasteiger partial charge in [0.15, 0.2) is 0 Å². The second kappa shape index (κ2) is 8.75. The molecule has 3 heterocycles. The zero-order chi connectivity index (χ0) is 20.3. The van der Waals surface area contributed by atoms with E-state index >= 15 is 0 Å². The minimum absolute atomic E-state index is 0.479. The molecule has 4 nitrogen and oxygen atoms in total. The molecule has 0 bridgehead atoms. The molecule has 0 saturated carbocycles. The normalized spacial score (nSPS) is 17.4. The summed E-state index contributed by atoms with van der Waals surface area (Å²) >= 11 is 0. The molecule has 1 aromatic carbocycles. The summed E-state index contributed by atoms with van der Waals surface area (Å²) < 4.78 is 11.8. The third-order valence-electron chi connectivity index (χ3n) is 6.70. The average Bonchev–Trinajstić information content (AvgIpc) is 3.45. The first-order valence-electron chi connectivity index (χ1n) is 11.2. The SMILES string of the molecule is COCCN1CCC(c2cc(-c3ccc4c(c3)CCC4)c(-c3ccncc3)o2)CC1. The van der Waals surface area contributed by atoms with E-state index in [0.29, 0.717) is 5.92 Å². The topological polar surface area (TPSA) is 38.5 Å². The summed E-state index contributed by atoms with van der Waals surface area (Å²) in [4.78, 5) is 6.69. The maximum atomic E-state index is 6.56. The Hall–Kier alpha value is -2.43. The van der Waals surface area contributed by atoms with Crippen molar-refractivity contribution in [2.45, 2.75) is 38.0 Å². The minimum atomic E-state index is 0.479. The molecule has 0 radical (unpaired) electrons. The van der Waals surface area contributed by atoms with E-state index < -0.39 is 0 Å². The number of aromatic nitrogens is 1. The lowest BCUT2D eigenvalue weighted by molar-refractivity contribution is 0.128. The monoisotopic (exact) mass is 402 g/mol. The van der Waals surface area contributed by atoms with E-state index in [1.54, 1.807) is 7.11 Å². The van der Waals surface area contributed by atoms with Crippen molar-refractivity contribution >= 4 is 0 Å². The molecule has 1 aliphatic heterocycles. The molecule has 0 spiro atoms. The lowest BCUT2D eigenvalue weighted by atomic mass is 9.93. The summed E-state index contributed by atoms with van der Waals surface area (Å²) in [5.41, 5.74) is 6.60. The minimum Gasteiger partial charge on any atom is -0.460 e. The summed E-state index contributed by atoms with van der Waals surface area (Å²) in [6.07, 6.45) is 9.64. The third kappa shape index (κ3) is 3.94. The van der Waals surface area contributed by atoms with Crippen LogP contribution in [0.25, 0.3) is 22.5 Å². The Balaban J connectivity index is 1.46. The van der Waals surface area contributed by atoms with E-state index in [1.807, 2.05) is 24.5 Å². The number of piperidine rings is 1. The molecule has 4 heteroatoms. The van der Waals surface area contributed by atoms with E-state index in [-0.39, 0.29) is 0 Å². The maximum Gasteiger partial charge on any atom is 0.142 e. The summed E-state index contributed by atoms with van der Waals surface area (Å²) in [5, 5.41) is 0. The van der Waals surface area contributed by atoms with Crippen molar-refractivity contribution < 1.29 is 9.15 Å². The van der Waals surface area contributed by atoms with Crippen LogP contribution < -0.4 is 0 Å². The largest absolute Gasteiger partial charge is 0.460 e. The smallest absolute Gasteiger partial charge is 0.142 e.